The average Bonchev–Trinajstić information content (AvgIpc) is 3.10. The molecule has 5 heterocycles. The predicted molar refractivity (Wildman–Crippen MR) is 93.4 cm³/mol. The van der Waals surface area contributed by atoms with Crippen LogP contribution in [0.15, 0.2) is 24.3 Å². The second-order valence-electron chi connectivity index (χ2n) is 9.17. The van der Waals surface area contributed by atoms with Gasteiger partial charge in [0.05, 0.1) is 18.6 Å². The largest absolute Gasteiger partial charge is 0.377 e. The highest BCUT2D eigenvalue weighted by molar-refractivity contribution is 5.99. The number of anilines is 1. The molecule has 1 aromatic rings. The van der Waals surface area contributed by atoms with Crippen molar-refractivity contribution in [3.8, 4) is 0 Å². The molecule has 5 aliphatic heterocycles. The van der Waals surface area contributed by atoms with E-state index in [0.29, 0.717) is 30.3 Å². The van der Waals surface area contributed by atoms with Crippen molar-refractivity contribution in [2.75, 3.05) is 24.6 Å². The van der Waals surface area contributed by atoms with E-state index in [1.54, 1.807) is 0 Å². The molecule has 1 amide bonds. The first-order valence-corrected chi connectivity index (χ1v) is 10.1. The van der Waals surface area contributed by atoms with Crippen LogP contribution in [0.25, 0.3) is 0 Å². The molecule has 0 aromatic heterocycles. The van der Waals surface area contributed by atoms with Crippen molar-refractivity contribution in [3.63, 3.8) is 0 Å². The molecule has 7 rings (SSSR count). The molecule has 2 bridgehead atoms. The summed E-state index contributed by atoms with van der Waals surface area (Å²) in [6.07, 6.45) is 4.46. The number of hydrogen-bond donors (Lipinski definition) is 0. The molecule has 4 saturated heterocycles. The Hall–Kier alpha value is -1.39. The van der Waals surface area contributed by atoms with E-state index in [1.807, 2.05) is 0 Å². The highest BCUT2D eigenvalue weighted by Crippen LogP contribution is 2.66. The second-order valence-corrected chi connectivity index (χ2v) is 9.17. The molecule has 1 spiro atoms. The average molecular weight is 336 g/mol. The van der Waals surface area contributed by atoms with Gasteiger partial charge in [0.25, 0.3) is 0 Å². The minimum Gasteiger partial charge on any atom is -0.377 e. The molecule has 4 nitrogen and oxygen atoms in total. The van der Waals surface area contributed by atoms with Gasteiger partial charge >= 0.3 is 0 Å². The van der Waals surface area contributed by atoms with Crippen LogP contribution in [0.3, 0.4) is 0 Å². The van der Waals surface area contributed by atoms with Gasteiger partial charge in [-0.2, -0.15) is 0 Å². The number of ether oxygens (including phenoxy) is 1. The molecule has 6 aliphatic rings. The zero-order valence-electron chi connectivity index (χ0n) is 14.4. The number of carbonyl (C=O) groups excluding carboxylic acids is 1. The Kier molecular flexibility index (Phi) is 2.36. The normalized spacial score (nSPS) is 49.1. The Labute approximate surface area is 148 Å². The van der Waals surface area contributed by atoms with E-state index in [2.05, 4.69) is 34.1 Å². The van der Waals surface area contributed by atoms with Crippen LogP contribution in [0, 0.1) is 17.8 Å². The van der Waals surface area contributed by atoms with Crippen molar-refractivity contribution in [2.24, 2.45) is 17.8 Å². The molecular formula is C21H24N2O2. The van der Waals surface area contributed by atoms with Gasteiger partial charge in [0.1, 0.15) is 0 Å². The van der Waals surface area contributed by atoms with Gasteiger partial charge in [0.2, 0.25) is 5.91 Å². The van der Waals surface area contributed by atoms with Crippen LogP contribution in [-0.2, 0) is 14.9 Å². The van der Waals surface area contributed by atoms with Crippen molar-refractivity contribution in [3.05, 3.63) is 29.8 Å². The lowest BCUT2D eigenvalue weighted by Crippen LogP contribution is -2.70. The van der Waals surface area contributed by atoms with Crippen molar-refractivity contribution in [1.29, 1.82) is 0 Å². The minimum absolute atomic E-state index is 0.156. The van der Waals surface area contributed by atoms with Gasteiger partial charge < -0.3 is 9.64 Å². The summed E-state index contributed by atoms with van der Waals surface area (Å²) in [6, 6.07) is 9.78. The first-order valence-electron chi connectivity index (χ1n) is 10.1. The van der Waals surface area contributed by atoms with Crippen LogP contribution < -0.4 is 4.90 Å². The highest BCUT2D eigenvalue weighted by Gasteiger charge is 2.71. The quantitative estimate of drug-likeness (QED) is 0.728. The number of rotatable bonds is 0. The number of benzene rings is 1. The number of amides is 1. The van der Waals surface area contributed by atoms with Crippen molar-refractivity contribution in [1.82, 2.24) is 4.90 Å². The Balaban J connectivity index is 1.53. The second kappa shape index (κ2) is 4.29. The third kappa shape index (κ3) is 1.37. The van der Waals surface area contributed by atoms with Crippen LogP contribution in [0.5, 0.6) is 0 Å². The lowest BCUT2D eigenvalue weighted by Gasteiger charge is -2.59. The topological polar surface area (TPSA) is 32.8 Å². The zero-order valence-corrected chi connectivity index (χ0v) is 14.4. The Morgan fingerprint density at radius 2 is 2.16 bits per heavy atom. The third-order valence-electron chi connectivity index (χ3n) is 8.64. The summed E-state index contributed by atoms with van der Waals surface area (Å²) in [7, 11) is 0. The fourth-order valence-electron chi connectivity index (χ4n) is 7.96. The van der Waals surface area contributed by atoms with Crippen LogP contribution in [0.4, 0.5) is 5.69 Å². The SMILES string of the molecule is O=C1C[C@@H]2OCCC3CN4CC[C@]56c7ccccc7N1[C@H]5[C@H]2[C@H]3C[C@H]46. The molecule has 7 atom stereocenters. The number of fused-ring (bicyclic) bond motifs is 2. The van der Waals surface area contributed by atoms with Crippen LogP contribution >= 0.6 is 0 Å². The maximum Gasteiger partial charge on any atom is 0.229 e. The number of hydrogen-bond acceptors (Lipinski definition) is 3. The number of para-hydroxylation sites is 1. The van der Waals surface area contributed by atoms with E-state index in [9.17, 15) is 4.79 Å². The molecule has 1 aromatic carbocycles. The first kappa shape index (κ1) is 13.8. The lowest BCUT2D eigenvalue weighted by atomic mass is 9.52. The molecular weight excluding hydrogens is 312 g/mol. The fourth-order valence-corrected chi connectivity index (χ4v) is 7.96. The summed E-state index contributed by atoms with van der Waals surface area (Å²) >= 11 is 0. The molecule has 0 N–H and O–H groups in total. The molecule has 130 valence electrons. The molecule has 5 fully saturated rings. The first-order chi connectivity index (χ1) is 12.3. The monoisotopic (exact) mass is 336 g/mol. The van der Waals surface area contributed by atoms with Gasteiger partial charge in [-0.1, -0.05) is 18.2 Å². The lowest BCUT2D eigenvalue weighted by molar-refractivity contribution is -0.134. The summed E-state index contributed by atoms with van der Waals surface area (Å²) < 4.78 is 6.33. The molecule has 1 unspecified atom stereocenters. The van der Waals surface area contributed by atoms with E-state index in [1.165, 1.54) is 43.6 Å². The van der Waals surface area contributed by atoms with Gasteiger partial charge in [-0.05, 0) is 49.3 Å². The van der Waals surface area contributed by atoms with E-state index >= 15 is 0 Å². The van der Waals surface area contributed by atoms with Gasteiger partial charge in [-0.3, -0.25) is 9.69 Å². The molecule has 1 aliphatic carbocycles. The van der Waals surface area contributed by atoms with Crippen molar-refractivity contribution >= 4 is 11.6 Å². The Morgan fingerprint density at radius 1 is 1.24 bits per heavy atom. The summed E-state index contributed by atoms with van der Waals surface area (Å²) in [4.78, 5) is 18.2. The Morgan fingerprint density at radius 3 is 3.12 bits per heavy atom. The number of carbonyl (C=O) groups is 1. The maximum absolute atomic E-state index is 13.2. The van der Waals surface area contributed by atoms with Gasteiger partial charge in [0, 0.05) is 36.2 Å². The van der Waals surface area contributed by atoms with Crippen LogP contribution in [-0.4, -0.2) is 48.7 Å². The van der Waals surface area contributed by atoms with Crippen LogP contribution in [0.1, 0.15) is 31.2 Å². The fraction of sp³-hybridized carbons (Fsp3) is 0.667. The summed E-state index contributed by atoms with van der Waals surface area (Å²) in [5.74, 6) is 2.34. The Bertz CT molecular complexity index is 794. The summed E-state index contributed by atoms with van der Waals surface area (Å²) in [5.41, 5.74) is 2.83. The predicted octanol–water partition coefficient (Wildman–Crippen LogP) is 2.17. The van der Waals surface area contributed by atoms with Crippen LogP contribution in [0.2, 0.25) is 0 Å². The maximum atomic E-state index is 13.2. The molecule has 4 heteroatoms. The summed E-state index contributed by atoms with van der Waals surface area (Å²) in [6.45, 7) is 3.31. The van der Waals surface area contributed by atoms with E-state index in [4.69, 9.17) is 4.74 Å². The van der Waals surface area contributed by atoms with Gasteiger partial charge in [0.15, 0.2) is 0 Å². The molecule has 0 radical (unpaired) electrons. The van der Waals surface area contributed by atoms with Crippen molar-refractivity contribution in [2.45, 2.75) is 49.3 Å². The van der Waals surface area contributed by atoms with E-state index in [-0.39, 0.29) is 11.5 Å². The van der Waals surface area contributed by atoms with E-state index < -0.39 is 0 Å². The zero-order chi connectivity index (χ0) is 16.3. The number of nitrogens with zero attached hydrogens (tertiary/aromatic N) is 2. The van der Waals surface area contributed by atoms with E-state index in [0.717, 1.165) is 18.4 Å². The highest BCUT2D eigenvalue weighted by atomic mass is 16.5. The third-order valence-corrected chi connectivity index (χ3v) is 8.64. The number of piperidine rings is 2. The smallest absolute Gasteiger partial charge is 0.229 e. The standard InChI is InChI=1S/C21H24N2O2/c24-18-10-16-19-13-9-17-21(6-7-22(17)11-12(13)5-8-25-16)14-3-1-2-4-15(14)23(18)20(19)21/h1-4,12-13,16-17,19-20H,5-11H2/t12?,13-,16-,17-,19-,20-,21+/m0/s1. The minimum atomic E-state index is 0.156. The molecule has 25 heavy (non-hydrogen) atoms. The summed E-state index contributed by atoms with van der Waals surface area (Å²) in [5, 5.41) is 0. The van der Waals surface area contributed by atoms with Crippen molar-refractivity contribution < 1.29 is 9.53 Å². The van der Waals surface area contributed by atoms with Gasteiger partial charge in [-0.25, -0.2) is 0 Å². The van der Waals surface area contributed by atoms with Gasteiger partial charge in [-0.15, -0.1) is 0 Å². The molecule has 1 saturated carbocycles.